The van der Waals surface area contributed by atoms with Gasteiger partial charge in [0.05, 0.1) is 12.8 Å². The fraction of sp³-hybridized carbons (Fsp3) is 0.235. The maximum atomic E-state index is 13.0. The standard InChI is InChI=1S/C17H16INO2/c1-19-15-10-13(21-2)8-9-14(15)17(11-18,16(19)20)12-6-4-3-5-7-12/h3-10H,11H2,1-2H3. The van der Waals surface area contributed by atoms with E-state index in [1.807, 2.05) is 55.6 Å². The zero-order valence-electron chi connectivity index (χ0n) is 12.0. The highest BCUT2D eigenvalue weighted by atomic mass is 127. The van der Waals surface area contributed by atoms with E-state index in [0.717, 1.165) is 22.6 Å². The monoisotopic (exact) mass is 393 g/mol. The van der Waals surface area contributed by atoms with E-state index in [2.05, 4.69) is 22.6 Å². The van der Waals surface area contributed by atoms with Gasteiger partial charge in [-0.15, -0.1) is 0 Å². The van der Waals surface area contributed by atoms with Crippen molar-refractivity contribution in [3.05, 3.63) is 59.7 Å². The van der Waals surface area contributed by atoms with Crippen LogP contribution in [0.5, 0.6) is 5.75 Å². The number of carbonyl (C=O) groups is 1. The molecule has 21 heavy (non-hydrogen) atoms. The summed E-state index contributed by atoms with van der Waals surface area (Å²) in [6, 6.07) is 15.9. The van der Waals surface area contributed by atoms with Gasteiger partial charge < -0.3 is 9.64 Å². The van der Waals surface area contributed by atoms with Crippen molar-refractivity contribution < 1.29 is 9.53 Å². The van der Waals surface area contributed by atoms with Crippen molar-refractivity contribution in [2.75, 3.05) is 23.5 Å². The van der Waals surface area contributed by atoms with Crippen LogP contribution >= 0.6 is 22.6 Å². The summed E-state index contributed by atoms with van der Waals surface area (Å²) in [6.07, 6.45) is 0. The number of rotatable bonds is 3. The van der Waals surface area contributed by atoms with E-state index in [0.29, 0.717) is 4.43 Å². The Morgan fingerprint density at radius 1 is 1.19 bits per heavy atom. The van der Waals surface area contributed by atoms with Crippen LogP contribution in [0.1, 0.15) is 11.1 Å². The van der Waals surface area contributed by atoms with Crippen molar-refractivity contribution in [3.8, 4) is 5.75 Å². The molecular formula is C17H16INO2. The molecule has 1 unspecified atom stereocenters. The summed E-state index contributed by atoms with van der Waals surface area (Å²) >= 11 is 2.31. The molecule has 0 aromatic heterocycles. The van der Waals surface area contributed by atoms with Gasteiger partial charge in [-0.2, -0.15) is 0 Å². The second-order valence-electron chi connectivity index (χ2n) is 5.15. The lowest BCUT2D eigenvalue weighted by molar-refractivity contribution is -0.120. The Morgan fingerprint density at radius 2 is 1.90 bits per heavy atom. The maximum Gasteiger partial charge on any atom is 0.242 e. The number of nitrogens with zero attached hydrogens (tertiary/aromatic N) is 1. The van der Waals surface area contributed by atoms with Crippen LogP contribution in [0.25, 0.3) is 0 Å². The minimum Gasteiger partial charge on any atom is -0.497 e. The number of hydrogen-bond acceptors (Lipinski definition) is 2. The Hall–Kier alpha value is -1.56. The topological polar surface area (TPSA) is 29.5 Å². The van der Waals surface area contributed by atoms with Crippen molar-refractivity contribution in [3.63, 3.8) is 0 Å². The van der Waals surface area contributed by atoms with E-state index >= 15 is 0 Å². The molecule has 0 radical (unpaired) electrons. The zero-order chi connectivity index (χ0) is 15.0. The number of likely N-dealkylation sites (N-methyl/N-ethyl adjacent to an activating group) is 1. The smallest absolute Gasteiger partial charge is 0.242 e. The summed E-state index contributed by atoms with van der Waals surface area (Å²) in [5.41, 5.74) is 2.43. The lowest BCUT2D eigenvalue weighted by Gasteiger charge is -2.26. The van der Waals surface area contributed by atoms with Gasteiger partial charge in [-0.05, 0) is 17.2 Å². The van der Waals surface area contributed by atoms with Crippen molar-refractivity contribution in [2.24, 2.45) is 0 Å². The van der Waals surface area contributed by atoms with Gasteiger partial charge in [0.2, 0.25) is 5.91 Å². The number of amides is 1. The summed E-state index contributed by atoms with van der Waals surface area (Å²) in [4.78, 5) is 14.7. The van der Waals surface area contributed by atoms with Gasteiger partial charge in [-0.25, -0.2) is 0 Å². The van der Waals surface area contributed by atoms with Gasteiger partial charge >= 0.3 is 0 Å². The van der Waals surface area contributed by atoms with Crippen LogP contribution in [0.3, 0.4) is 0 Å². The number of ether oxygens (including phenoxy) is 1. The summed E-state index contributed by atoms with van der Waals surface area (Å²) < 4.78 is 6.00. The number of methoxy groups -OCH3 is 1. The molecule has 1 heterocycles. The number of hydrogen-bond donors (Lipinski definition) is 0. The van der Waals surface area contributed by atoms with Crippen LogP contribution in [-0.4, -0.2) is 24.5 Å². The van der Waals surface area contributed by atoms with Gasteiger partial charge in [0.25, 0.3) is 0 Å². The highest BCUT2D eigenvalue weighted by molar-refractivity contribution is 14.1. The van der Waals surface area contributed by atoms with Gasteiger partial charge in [-0.3, -0.25) is 4.79 Å². The van der Waals surface area contributed by atoms with Gasteiger partial charge in [0, 0.05) is 17.5 Å². The van der Waals surface area contributed by atoms with Crippen molar-refractivity contribution in [1.29, 1.82) is 0 Å². The highest BCUT2D eigenvalue weighted by Gasteiger charge is 2.50. The first-order valence-electron chi connectivity index (χ1n) is 6.73. The van der Waals surface area contributed by atoms with Crippen LogP contribution in [0, 0.1) is 0 Å². The zero-order valence-corrected chi connectivity index (χ0v) is 14.1. The third-order valence-electron chi connectivity index (χ3n) is 4.16. The van der Waals surface area contributed by atoms with Gasteiger partial charge in [-0.1, -0.05) is 59.0 Å². The second kappa shape index (κ2) is 5.33. The number of alkyl halides is 1. The van der Waals surface area contributed by atoms with Crippen molar-refractivity contribution >= 4 is 34.2 Å². The lowest BCUT2D eigenvalue weighted by atomic mass is 9.77. The number of halogens is 1. The molecule has 0 saturated heterocycles. The Balaban J connectivity index is 2.27. The average molecular weight is 393 g/mol. The molecule has 2 aromatic carbocycles. The SMILES string of the molecule is COc1ccc2c(c1)N(C)C(=O)C2(CI)c1ccccc1. The lowest BCUT2D eigenvalue weighted by Crippen LogP contribution is -2.41. The molecule has 0 aliphatic carbocycles. The molecule has 0 fully saturated rings. The van der Waals surface area contributed by atoms with Crippen LogP contribution in [0.4, 0.5) is 5.69 Å². The molecule has 0 N–H and O–H groups in total. The molecule has 1 atom stereocenters. The fourth-order valence-corrected chi connectivity index (χ4v) is 4.17. The van der Waals surface area contributed by atoms with E-state index in [1.165, 1.54) is 0 Å². The second-order valence-corrected chi connectivity index (χ2v) is 5.92. The molecule has 3 rings (SSSR count). The quantitative estimate of drug-likeness (QED) is 0.591. The first-order valence-corrected chi connectivity index (χ1v) is 8.26. The predicted octanol–water partition coefficient (Wildman–Crippen LogP) is 3.39. The van der Waals surface area contributed by atoms with Crippen LogP contribution in [-0.2, 0) is 10.2 Å². The third kappa shape index (κ3) is 1.96. The van der Waals surface area contributed by atoms with E-state index in [-0.39, 0.29) is 5.91 Å². The highest BCUT2D eigenvalue weighted by Crippen LogP contribution is 2.47. The first-order chi connectivity index (χ1) is 10.1. The van der Waals surface area contributed by atoms with Crippen LogP contribution in [0.15, 0.2) is 48.5 Å². The first kappa shape index (κ1) is 14.4. The van der Waals surface area contributed by atoms with Gasteiger partial charge in [0.1, 0.15) is 11.2 Å². The van der Waals surface area contributed by atoms with Crippen molar-refractivity contribution in [1.82, 2.24) is 0 Å². The Bertz CT molecular complexity index is 686. The summed E-state index contributed by atoms with van der Waals surface area (Å²) in [5.74, 6) is 0.886. The molecule has 0 spiro atoms. The molecule has 2 aromatic rings. The molecule has 1 aliphatic heterocycles. The number of benzene rings is 2. The fourth-order valence-electron chi connectivity index (χ4n) is 3.00. The minimum atomic E-state index is -0.599. The Morgan fingerprint density at radius 3 is 2.52 bits per heavy atom. The van der Waals surface area contributed by atoms with E-state index in [1.54, 1.807) is 12.0 Å². The summed E-state index contributed by atoms with van der Waals surface area (Å²) in [6.45, 7) is 0. The molecule has 3 nitrogen and oxygen atoms in total. The number of carbonyl (C=O) groups excluding carboxylic acids is 1. The number of fused-ring (bicyclic) bond motifs is 1. The molecule has 0 bridgehead atoms. The predicted molar refractivity (Wildman–Crippen MR) is 92.5 cm³/mol. The molecular weight excluding hydrogens is 377 g/mol. The van der Waals surface area contributed by atoms with E-state index in [9.17, 15) is 4.79 Å². The average Bonchev–Trinajstić information content (AvgIpc) is 2.77. The van der Waals surface area contributed by atoms with Gasteiger partial charge in [0.15, 0.2) is 0 Å². The molecule has 1 amide bonds. The summed E-state index contributed by atoms with van der Waals surface area (Å²) in [7, 11) is 3.47. The third-order valence-corrected chi connectivity index (χ3v) is 5.31. The molecule has 1 aliphatic rings. The van der Waals surface area contributed by atoms with E-state index in [4.69, 9.17) is 4.74 Å². The Labute approximate surface area is 138 Å². The molecule has 4 heteroatoms. The molecule has 0 saturated carbocycles. The summed E-state index contributed by atoms with van der Waals surface area (Å²) in [5, 5.41) is 0. The number of anilines is 1. The largest absolute Gasteiger partial charge is 0.497 e. The molecule has 108 valence electrons. The minimum absolute atomic E-state index is 0.117. The van der Waals surface area contributed by atoms with Crippen molar-refractivity contribution in [2.45, 2.75) is 5.41 Å². The van der Waals surface area contributed by atoms with E-state index < -0.39 is 5.41 Å². The normalized spacial score (nSPS) is 20.5. The van der Waals surface area contributed by atoms with Crippen LogP contribution in [0.2, 0.25) is 0 Å². The Kier molecular flexibility index (Phi) is 3.65. The van der Waals surface area contributed by atoms with Crippen LogP contribution < -0.4 is 9.64 Å². The maximum absolute atomic E-state index is 13.0.